The van der Waals surface area contributed by atoms with E-state index in [1.54, 1.807) is 24.3 Å². The summed E-state index contributed by atoms with van der Waals surface area (Å²) in [5.74, 6) is -0.453. The number of carbonyl (C=O) groups excluding carboxylic acids is 2. The van der Waals surface area contributed by atoms with Crippen molar-refractivity contribution in [1.29, 1.82) is 0 Å². The van der Waals surface area contributed by atoms with Crippen LogP contribution in [-0.2, 0) is 17.2 Å². The van der Waals surface area contributed by atoms with Gasteiger partial charge in [-0.3, -0.25) is 14.5 Å². The second-order valence-electron chi connectivity index (χ2n) is 10.2. The van der Waals surface area contributed by atoms with Crippen LogP contribution in [0.15, 0.2) is 111 Å². The van der Waals surface area contributed by atoms with Gasteiger partial charge in [0.25, 0.3) is 5.91 Å². The number of aromatic nitrogens is 2. The van der Waals surface area contributed by atoms with E-state index in [9.17, 15) is 14.7 Å². The van der Waals surface area contributed by atoms with Crippen molar-refractivity contribution >= 4 is 39.9 Å². The standard InChI is InChI=1S/C34H29N3O6S2/c1-3-41-27-18-24(15-16-25(27)43-19-22-8-5-4-6-9-22)29-28(30(38)26-10-7-17-42-26)31(39)32(40)37(29)33-35-36-34(45-33)44-20-23-13-11-21(2)12-14-23/h4-18,29,39H,3,19-20H2,1-2H3. The summed E-state index contributed by atoms with van der Waals surface area (Å²) in [5.41, 5.74) is 3.68. The minimum atomic E-state index is -1.03. The lowest BCUT2D eigenvalue weighted by Crippen LogP contribution is -2.31. The van der Waals surface area contributed by atoms with Crippen LogP contribution in [0.4, 0.5) is 5.13 Å². The largest absolute Gasteiger partial charge is 0.503 e. The predicted octanol–water partition coefficient (Wildman–Crippen LogP) is 7.49. The number of hydrogen-bond acceptors (Lipinski definition) is 10. The zero-order valence-electron chi connectivity index (χ0n) is 24.5. The van der Waals surface area contributed by atoms with E-state index in [0.717, 1.165) is 11.1 Å². The first-order chi connectivity index (χ1) is 21.9. The normalized spacial score (nSPS) is 14.7. The van der Waals surface area contributed by atoms with E-state index in [1.165, 1.54) is 45.9 Å². The van der Waals surface area contributed by atoms with E-state index in [0.29, 0.717) is 40.4 Å². The Balaban J connectivity index is 1.34. The quantitative estimate of drug-likeness (QED) is 0.0842. The van der Waals surface area contributed by atoms with Gasteiger partial charge in [-0.2, -0.15) is 0 Å². The Labute approximate surface area is 268 Å². The molecule has 0 fully saturated rings. The number of rotatable bonds is 12. The van der Waals surface area contributed by atoms with Crippen LogP contribution < -0.4 is 14.4 Å². The first kappa shape index (κ1) is 30.2. The van der Waals surface area contributed by atoms with Gasteiger partial charge in [0.15, 0.2) is 27.4 Å². The molecule has 0 saturated heterocycles. The third kappa shape index (κ3) is 6.50. The monoisotopic (exact) mass is 639 g/mol. The average molecular weight is 640 g/mol. The fourth-order valence-corrected chi connectivity index (χ4v) is 6.72. The summed E-state index contributed by atoms with van der Waals surface area (Å²) >= 11 is 2.70. The molecule has 5 aromatic rings. The van der Waals surface area contributed by atoms with Crippen LogP contribution in [0.2, 0.25) is 0 Å². The van der Waals surface area contributed by atoms with Gasteiger partial charge in [0.2, 0.25) is 10.9 Å². The maximum atomic E-state index is 13.7. The highest BCUT2D eigenvalue weighted by molar-refractivity contribution is 8.00. The maximum Gasteiger partial charge on any atom is 0.296 e. The number of amides is 1. The minimum absolute atomic E-state index is 0.00403. The summed E-state index contributed by atoms with van der Waals surface area (Å²) in [6.45, 7) is 4.57. The van der Waals surface area contributed by atoms with E-state index in [-0.39, 0.29) is 16.5 Å². The summed E-state index contributed by atoms with van der Waals surface area (Å²) in [7, 11) is 0. The zero-order valence-corrected chi connectivity index (χ0v) is 26.1. The maximum absolute atomic E-state index is 13.7. The SMILES string of the molecule is CCOc1cc(C2C(C(=O)c3ccco3)=C(O)C(=O)N2c2nnc(SCc3ccc(C)cc3)s2)ccc1OCc1ccccc1. The van der Waals surface area contributed by atoms with Crippen molar-refractivity contribution in [2.24, 2.45) is 0 Å². The Morgan fingerprint density at radius 3 is 2.51 bits per heavy atom. The van der Waals surface area contributed by atoms with Crippen LogP contribution in [0.25, 0.3) is 0 Å². The van der Waals surface area contributed by atoms with E-state index in [1.807, 2.05) is 44.2 Å². The molecule has 1 unspecified atom stereocenters. The highest BCUT2D eigenvalue weighted by atomic mass is 32.2. The molecule has 1 N–H and O–H groups in total. The first-order valence-electron chi connectivity index (χ1n) is 14.2. The molecule has 0 spiro atoms. The fourth-order valence-electron chi connectivity index (χ4n) is 4.90. The van der Waals surface area contributed by atoms with Gasteiger partial charge < -0.3 is 19.0 Å². The average Bonchev–Trinajstić information content (AvgIpc) is 3.81. The number of carbonyl (C=O) groups is 2. The van der Waals surface area contributed by atoms with E-state index >= 15 is 0 Å². The number of Topliss-reactive ketones (excluding diaryl/α,β-unsaturated/α-hetero) is 1. The molecule has 1 atom stereocenters. The topological polar surface area (TPSA) is 115 Å². The van der Waals surface area contributed by atoms with Gasteiger partial charge in [-0.25, -0.2) is 0 Å². The first-order valence-corrected chi connectivity index (χ1v) is 16.0. The Bertz CT molecular complexity index is 1840. The summed E-state index contributed by atoms with van der Waals surface area (Å²) in [5, 5.41) is 20.0. The number of benzene rings is 3. The lowest BCUT2D eigenvalue weighted by Gasteiger charge is -2.25. The fraction of sp³-hybridized carbons (Fsp3) is 0.176. The molecule has 3 aromatic carbocycles. The summed E-state index contributed by atoms with van der Waals surface area (Å²) in [6, 6.07) is 25.2. The van der Waals surface area contributed by atoms with E-state index in [4.69, 9.17) is 13.9 Å². The van der Waals surface area contributed by atoms with Gasteiger partial charge in [-0.15, -0.1) is 10.2 Å². The summed E-state index contributed by atoms with van der Waals surface area (Å²) in [4.78, 5) is 28.6. The van der Waals surface area contributed by atoms with Crippen molar-refractivity contribution in [2.45, 2.75) is 36.6 Å². The van der Waals surface area contributed by atoms with Crippen LogP contribution in [0.1, 0.15) is 45.8 Å². The molecule has 0 saturated carbocycles. The molecule has 1 aliphatic rings. The number of ketones is 1. The van der Waals surface area contributed by atoms with Crippen LogP contribution in [0.5, 0.6) is 11.5 Å². The van der Waals surface area contributed by atoms with E-state index in [2.05, 4.69) is 34.5 Å². The molecule has 1 aliphatic heterocycles. The molecule has 6 rings (SSSR count). The van der Waals surface area contributed by atoms with Crippen LogP contribution in [0.3, 0.4) is 0 Å². The molecule has 228 valence electrons. The van der Waals surface area contributed by atoms with Crippen LogP contribution >= 0.6 is 23.1 Å². The molecule has 2 aromatic heterocycles. The molecular formula is C34H29N3O6S2. The van der Waals surface area contributed by atoms with Crippen molar-refractivity contribution in [3.05, 3.63) is 131 Å². The number of nitrogens with zero attached hydrogens (tertiary/aromatic N) is 3. The third-order valence-corrected chi connectivity index (χ3v) is 9.23. The summed E-state index contributed by atoms with van der Waals surface area (Å²) < 4.78 is 18.0. The number of aryl methyl sites for hydroxylation is 1. The molecule has 9 nitrogen and oxygen atoms in total. The number of anilines is 1. The predicted molar refractivity (Wildman–Crippen MR) is 172 cm³/mol. The Kier molecular flexibility index (Phi) is 8.99. The number of hydrogen-bond donors (Lipinski definition) is 1. The number of thioether (sulfide) groups is 1. The van der Waals surface area contributed by atoms with Crippen molar-refractivity contribution < 1.29 is 28.6 Å². The second-order valence-corrected chi connectivity index (χ2v) is 12.4. The third-order valence-electron chi connectivity index (χ3n) is 7.10. The molecule has 11 heteroatoms. The number of furan rings is 1. The van der Waals surface area contributed by atoms with Crippen LogP contribution in [0, 0.1) is 6.92 Å². The number of aliphatic hydroxyl groups is 1. The lowest BCUT2D eigenvalue weighted by molar-refractivity contribution is -0.117. The second kappa shape index (κ2) is 13.4. The van der Waals surface area contributed by atoms with Crippen molar-refractivity contribution in [1.82, 2.24) is 10.2 Å². The van der Waals surface area contributed by atoms with Crippen molar-refractivity contribution in [3.63, 3.8) is 0 Å². The molecule has 0 radical (unpaired) electrons. The highest BCUT2D eigenvalue weighted by Gasteiger charge is 2.47. The molecule has 45 heavy (non-hydrogen) atoms. The minimum Gasteiger partial charge on any atom is -0.503 e. The molecule has 0 bridgehead atoms. The Hall–Kier alpha value is -4.87. The molecule has 3 heterocycles. The van der Waals surface area contributed by atoms with Gasteiger partial charge >= 0.3 is 0 Å². The molecular weight excluding hydrogens is 611 g/mol. The van der Waals surface area contributed by atoms with Gasteiger partial charge in [0, 0.05) is 5.75 Å². The van der Waals surface area contributed by atoms with Crippen LogP contribution in [-0.4, -0.2) is 33.6 Å². The number of aliphatic hydroxyl groups excluding tert-OH is 1. The summed E-state index contributed by atoms with van der Waals surface area (Å²) in [6.07, 6.45) is 1.36. The van der Waals surface area contributed by atoms with Gasteiger partial charge in [0.1, 0.15) is 6.61 Å². The number of ether oxygens (including phenoxy) is 2. The molecule has 0 aliphatic carbocycles. The lowest BCUT2D eigenvalue weighted by atomic mass is 9.95. The van der Waals surface area contributed by atoms with Crippen molar-refractivity contribution in [2.75, 3.05) is 11.5 Å². The highest BCUT2D eigenvalue weighted by Crippen LogP contribution is 2.45. The zero-order chi connectivity index (χ0) is 31.3. The Morgan fingerprint density at radius 2 is 1.78 bits per heavy atom. The van der Waals surface area contributed by atoms with Gasteiger partial charge in [-0.1, -0.05) is 89.3 Å². The van der Waals surface area contributed by atoms with Crippen molar-refractivity contribution in [3.8, 4) is 11.5 Å². The van der Waals surface area contributed by atoms with Gasteiger partial charge in [-0.05, 0) is 54.8 Å². The van der Waals surface area contributed by atoms with Gasteiger partial charge in [0.05, 0.1) is 24.5 Å². The Morgan fingerprint density at radius 1 is 0.978 bits per heavy atom. The van der Waals surface area contributed by atoms with E-state index < -0.39 is 23.5 Å². The molecule has 1 amide bonds. The smallest absolute Gasteiger partial charge is 0.296 e.